The van der Waals surface area contributed by atoms with Crippen molar-refractivity contribution in [3.8, 4) is 0 Å². The van der Waals surface area contributed by atoms with Crippen molar-refractivity contribution in [3.05, 3.63) is 0 Å². The number of nitrogens with zero attached hydrogens (tertiary/aromatic N) is 1. The molecule has 1 heterocycles. The van der Waals surface area contributed by atoms with Gasteiger partial charge in [-0.1, -0.05) is 6.42 Å². The lowest BCUT2D eigenvalue weighted by atomic mass is 10.0. The van der Waals surface area contributed by atoms with Crippen molar-refractivity contribution in [3.63, 3.8) is 0 Å². The maximum absolute atomic E-state index is 11.8. The molecule has 108 valence electrons. The van der Waals surface area contributed by atoms with E-state index in [1.807, 2.05) is 0 Å². The van der Waals surface area contributed by atoms with Gasteiger partial charge < -0.3 is 10.1 Å². The van der Waals surface area contributed by atoms with Gasteiger partial charge in [0, 0.05) is 33.3 Å². The van der Waals surface area contributed by atoms with Gasteiger partial charge in [-0.05, 0) is 25.8 Å². The van der Waals surface area contributed by atoms with Crippen LogP contribution in [0.4, 0.5) is 0 Å². The SMILES string of the molecule is COCCNS(=O)(=O)N(C)CCC1CCCCN1. The molecule has 1 unspecified atom stereocenters. The Labute approximate surface area is 110 Å². The van der Waals surface area contributed by atoms with Crippen LogP contribution >= 0.6 is 0 Å². The van der Waals surface area contributed by atoms with Crippen molar-refractivity contribution >= 4 is 10.2 Å². The van der Waals surface area contributed by atoms with E-state index < -0.39 is 10.2 Å². The molecule has 0 aromatic heterocycles. The lowest BCUT2D eigenvalue weighted by molar-refractivity contribution is 0.204. The molecule has 1 rings (SSSR count). The first-order valence-corrected chi connectivity index (χ1v) is 7.93. The molecule has 1 aliphatic rings. The molecule has 2 N–H and O–H groups in total. The zero-order chi connectivity index (χ0) is 13.4. The Hall–Kier alpha value is -0.210. The molecule has 0 bridgehead atoms. The monoisotopic (exact) mass is 279 g/mol. The standard InChI is InChI=1S/C11H25N3O3S/c1-14(18(15,16)13-8-10-17-2)9-6-11-5-3-4-7-12-11/h11-13H,3-10H2,1-2H3. The van der Waals surface area contributed by atoms with Crippen molar-refractivity contribution in [2.24, 2.45) is 0 Å². The first-order valence-electron chi connectivity index (χ1n) is 6.49. The molecule has 0 radical (unpaired) electrons. The summed E-state index contributed by atoms with van der Waals surface area (Å²) in [5.41, 5.74) is 0. The summed E-state index contributed by atoms with van der Waals surface area (Å²) < 4.78 is 32.3. The molecule has 1 fully saturated rings. The molecule has 6 nitrogen and oxygen atoms in total. The second kappa shape index (κ2) is 8.06. The van der Waals surface area contributed by atoms with E-state index in [9.17, 15) is 8.42 Å². The summed E-state index contributed by atoms with van der Waals surface area (Å²) in [6.45, 7) is 2.29. The van der Waals surface area contributed by atoms with E-state index in [1.165, 1.54) is 17.1 Å². The van der Waals surface area contributed by atoms with Crippen LogP contribution in [0.1, 0.15) is 25.7 Å². The highest BCUT2D eigenvalue weighted by molar-refractivity contribution is 7.87. The highest BCUT2D eigenvalue weighted by Crippen LogP contribution is 2.10. The van der Waals surface area contributed by atoms with E-state index in [1.54, 1.807) is 14.2 Å². The van der Waals surface area contributed by atoms with Gasteiger partial charge in [0.1, 0.15) is 0 Å². The van der Waals surface area contributed by atoms with Crippen LogP contribution in [0.5, 0.6) is 0 Å². The average molecular weight is 279 g/mol. The number of hydrogen-bond acceptors (Lipinski definition) is 4. The van der Waals surface area contributed by atoms with Gasteiger partial charge in [0.2, 0.25) is 0 Å². The summed E-state index contributed by atoms with van der Waals surface area (Å²) in [4.78, 5) is 0. The number of hydrogen-bond donors (Lipinski definition) is 2. The fourth-order valence-electron chi connectivity index (χ4n) is 2.01. The first-order chi connectivity index (χ1) is 8.56. The van der Waals surface area contributed by atoms with Gasteiger partial charge in [-0.25, -0.2) is 0 Å². The van der Waals surface area contributed by atoms with Gasteiger partial charge in [0.15, 0.2) is 0 Å². The molecule has 1 saturated heterocycles. The smallest absolute Gasteiger partial charge is 0.279 e. The number of methoxy groups -OCH3 is 1. The zero-order valence-electron chi connectivity index (χ0n) is 11.3. The van der Waals surface area contributed by atoms with Gasteiger partial charge in [-0.3, -0.25) is 0 Å². The number of ether oxygens (including phenoxy) is 1. The van der Waals surface area contributed by atoms with E-state index >= 15 is 0 Å². The first kappa shape index (κ1) is 15.8. The molecule has 0 amide bonds. The maximum atomic E-state index is 11.8. The van der Waals surface area contributed by atoms with Gasteiger partial charge in [0.25, 0.3) is 10.2 Å². The Kier molecular flexibility index (Phi) is 7.10. The van der Waals surface area contributed by atoms with Crippen LogP contribution in [-0.4, -0.2) is 59.2 Å². The van der Waals surface area contributed by atoms with Crippen molar-refractivity contribution in [1.82, 2.24) is 14.3 Å². The predicted molar refractivity (Wildman–Crippen MR) is 71.7 cm³/mol. The molecule has 0 saturated carbocycles. The maximum Gasteiger partial charge on any atom is 0.279 e. The lowest BCUT2D eigenvalue weighted by Crippen LogP contribution is -2.42. The molecule has 18 heavy (non-hydrogen) atoms. The summed E-state index contributed by atoms with van der Waals surface area (Å²) in [5, 5.41) is 3.42. The topological polar surface area (TPSA) is 70.7 Å². The zero-order valence-corrected chi connectivity index (χ0v) is 12.1. The summed E-state index contributed by atoms with van der Waals surface area (Å²) >= 11 is 0. The molecule has 0 aromatic rings. The number of rotatable bonds is 8. The van der Waals surface area contributed by atoms with Crippen LogP contribution in [0.15, 0.2) is 0 Å². The third kappa shape index (κ3) is 5.62. The van der Waals surface area contributed by atoms with Gasteiger partial charge in [-0.2, -0.15) is 17.4 Å². The fourth-order valence-corrected chi connectivity index (χ4v) is 2.92. The third-order valence-corrected chi connectivity index (χ3v) is 4.78. The minimum atomic E-state index is -3.36. The minimum Gasteiger partial charge on any atom is -0.383 e. The Bertz CT molecular complexity index is 315. The molecular weight excluding hydrogens is 254 g/mol. The van der Waals surface area contributed by atoms with Gasteiger partial charge in [-0.15, -0.1) is 0 Å². The van der Waals surface area contributed by atoms with Crippen molar-refractivity contribution in [1.29, 1.82) is 0 Å². The molecule has 0 aliphatic carbocycles. The molecule has 0 aromatic carbocycles. The summed E-state index contributed by atoms with van der Waals surface area (Å²) in [6, 6.07) is 0.454. The van der Waals surface area contributed by atoms with Gasteiger partial charge in [0.05, 0.1) is 6.61 Å². The van der Waals surface area contributed by atoms with Crippen LogP contribution in [0.25, 0.3) is 0 Å². The Balaban J connectivity index is 2.27. The highest BCUT2D eigenvalue weighted by atomic mass is 32.2. The quantitative estimate of drug-likeness (QED) is 0.610. The van der Waals surface area contributed by atoms with Crippen molar-refractivity contribution in [2.75, 3.05) is 40.4 Å². The highest BCUT2D eigenvalue weighted by Gasteiger charge is 2.19. The van der Waals surface area contributed by atoms with E-state index in [2.05, 4.69) is 10.0 Å². The van der Waals surface area contributed by atoms with E-state index in [4.69, 9.17) is 4.74 Å². The normalized spacial score (nSPS) is 21.4. The largest absolute Gasteiger partial charge is 0.383 e. The number of piperidine rings is 1. The van der Waals surface area contributed by atoms with Crippen LogP contribution < -0.4 is 10.0 Å². The second-order valence-corrected chi connectivity index (χ2v) is 6.51. The fraction of sp³-hybridized carbons (Fsp3) is 1.00. The van der Waals surface area contributed by atoms with Gasteiger partial charge >= 0.3 is 0 Å². The minimum absolute atomic E-state index is 0.310. The average Bonchev–Trinajstić information content (AvgIpc) is 2.37. The van der Waals surface area contributed by atoms with E-state index in [0.29, 0.717) is 25.7 Å². The molecule has 1 atom stereocenters. The molecule has 7 heteroatoms. The summed E-state index contributed by atoms with van der Waals surface area (Å²) in [6.07, 6.45) is 4.47. The van der Waals surface area contributed by atoms with Crippen LogP contribution in [0.2, 0.25) is 0 Å². The Morgan fingerprint density at radius 2 is 2.22 bits per heavy atom. The second-order valence-electron chi connectivity index (χ2n) is 4.65. The third-order valence-electron chi connectivity index (χ3n) is 3.21. The van der Waals surface area contributed by atoms with E-state index in [-0.39, 0.29) is 0 Å². The molecule has 0 spiro atoms. The summed E-state index contributed by atoms with van der Waals surface area (Å²) in [7, 11) is -0.200. The van der Waals surface area contributed by atoms with Crippen molar-refractivity contribution < 1.29 is 13.2 Å². The Morgan fingerprint density at radius 1 is 1.44 bits per heavy atom. The van der Waals surface area contributed by atoms with Crippen LogP contribution in [0, 0.1) is 0 Å². The number of nitrogens with one attached hydrogen (secondary N) is 2. The summed E-state index contributed by atoms with van der Waals surface area (Å²) in [5.74, 6) is 0. The molecule has 1 aliphatic heterocycles. The van der Waals surface area contributed by atoms with Crippen LogP contribution in [-0.2, 0) is 14.9 Å². The lowest BCUT2D eigenvalue weighted by Gasteiger charge is -2.25. The predicted octanol–water partition coefficient (Wildman–Crippen LogP) is -0.0688. The van der Waals surface area contributed by atoms with Crippen molar-refractivity contribution in [2.45, 2.75) is 31.7 Å². The molecular formula is C11H25N3O3S. The Morgan fingerprint density at radius 3 is 2.83 bits per heavy atom. The van der Waals surface area contributed by atoms with Crippen LogP contribution in [0.3, 0.4) is 0 Å². The van der Waals surface area contributed by atoms with E-state index in [0.717, 1.165) is 19.4 Å².